The van der Waals surface area contributed by atoms with Crippen molar-refractivity contribution in [3.63, 3.8) is 0 Å². The zero-order valence-electron chi connectivity index (χ0n) is 11.5. The van der Waals surface area contributed by atoms with E-state index in [0.29, 0.717) is 6.42 Å². The van der Waals surface area contributed by atoms with Crippen LogP contribution in [0.5, 0.6) is 0 Å². The van der Waals surface area contributed by atoms with Crippen LogP contribution in [0.1, 0.15) is 43.9 Å². The molecule has 0 aromatic heterocycles. The van der Waals surface area contributed by atoms with Gasteiger partial charge in [-0.05, 0) is 24.0 Å². The largest absolute Gasteiger partial charge is 0.469 e. The summed E-state index contributed by atoms with van der Waals surface area (Å²) < 4.78 is 4.79. The minimum atomic E-state index is -0.293. The lowest BCUT2D eigenvalue weighted by molar-refractivity contribution is -0.146. The summed E-state index contributed by atoms with van der Waals surface area (Å²) in [5, 5.41) is 0. The van der Waals surface area contributed by atoms with Crippen LogP contribution in [-0.2, 0) is 16.0 Å². The number of nitrogens with two attached hydrogens (primary N) is 1. The minimum absolute atomic E-state index is 0.234. The van der Waals surface area contributed by atoms with Crippen molar-refractivity contribution < 1.29 is 9.53 Å². The number of ether oxygens (including phenoxy) is 1. The van der Waals surface area contributed by atoms with Crippen LogP contribution < -0.4 is 5.73 Å². The van der Waals surface area contributed by atoms with Crippen LogP contribution in [0.3, 0.4) is 0 Å². The minimum Gasteiger partial charge on any atom is -0.469 e. The van der Waals surface area contributed by atoms with E-state index in [2.05, 4.69) is 19.1 Å². The van der Waals surface area contributed by atoms with Crippen LogP contribution in [0.15, 0.2) is 24.3 Å². The molecule has 0 radical (unpaired) electrons. The van der Waals surface area contributed by atoms with Crippen LogP contribution in [0.25, 0.3) is 0 Å². The van der Waals surface area contributed by atoms with Crippen molar-refractivity contribution in [2.45, 2.75) is 39.2 Å². The fraction of sp³-hybridized carbons (Fsp3) is 0.533. The summed E-state index contributed by atoms with van der Waals surface area (Å²) in [7, 11) is 1.40. The summed E-state index contributed by atoms with van der Waals surface area (Å²) in [4.78, 5) is 11.6. The molecule has 0 aliphatic carbocycles. The summed E-state index contributed by atoms with van der Waals surface area (Å²) in [6.07, 6.45) is 2.89. The van der Waals surface area contributed by atoms with Crippen molar-refractivity contribution in [2.24, 2.45) is 11.7 Å². The molecule has 0 spiro atoms. The highest BCUT2D eigenvalue weighted by molar-refractivity contribution is 5.73. The van der Waals surface area contributed by atoms with E-state index in [1.54, 1.807) is 0 Å². The topological polar surface area (TPSA) is 52.3 Å². The average Bonchev–Trinajstić information content (AvgIpc) is 2.40. The van der Waals surface area contributed by atoms with Gasteiger partial charge in [-0.1, -0.05) is 44.5 Å². The van der Waals surface area contributed by atoms with Gasteiger partial charge in [0.1, 0.15) is 0 Å². The van der Waals surface area contributed by atoms with Gasteiger partial charge in [-0.2, -0.15) is 0 Å². The molecule has 1 aromatic carbocycles. The lowest BCUT2D eigenvalue weighted by atomic mass is 9.91. The molecule has 1 rings (SSSR count). The zero-order chi connectivity index (χ0) is 13.5. The smallest absolute Gasteiger partial charge is 0.310 e. The second-order valence-corrected chi connectivity index (χ2v) is 4.56. The number of benzene rings is 1. The van der Waals surface area contributed by atoms with Crippen LogP contribution in [-0.4, -0.2) is 13.1 Å². The molecule has 3 nitrogen and oxygen atoms in total. The van der Waals surface area contributed by atoms with Gasteiger partial charge >= 0.3 is 5.97 Å². The number of carbonyl (C=O) groups excluding carboxylic acids is 1. The average molecular weight is 249 g/mol. The first-order valence-corrected chi connectivity index (χ1v) is 6.56. The van der Waals surface area contributed by atoms with Crippen molar-refractivity contribution >= 4 is 5.97 Å². The van der Waals surface area contributed by atoms with E-state index < -0.39 is 0 Å². The second kappa shape index (κ2) is 7.17. The summed E-state index contributed by atoms with van der Waals surface area (Å²) in [6, 6.07) is 7.91. The first kappa shape index (κ1) is 14.7. The van der Waals surface area contributed by atoms with Gasteiger partial charge in [0, 0.05) is 6.04 Å². The number of carbonyl (C=O) groups is 1. The number of aryl methyl sites for hydroxylation is 1. The molecule has 0 aliphatic rings. The Balaban J connectivity index is 2.81. The quantitative estimate of drug-likeness (QED) is 0.789. The number of hydrogen-bond donors (Lipinski definition) is 1. The van der Waals surface area contributed by atoms with Gasteiger partial charge in [-0.3, -0.25) is 4.79 Å². The predicted molar refractivity (Wildman–Crippen MR) is 73.2 cm³/mol. The monoisotopic (exact) mass is 249 g/mol. The van der Waals surface area contributed by atoms with Crippen molar-refractivity contribution in [1.29, 1.82) is 0 Å². The fourth-order valence-corrected chi connectivity index (χ4v) is 2.15. The third-order valence-corrected chi connectivity index (χ3v) is 3.28. The Morgan fingerprint density at radius 3 is 2.33 bits per heavy atom. The van der Waals surface area contributed by atoms with Crippen LogP contribution >= 0.6 is 0 Å². The molecule has 0 saturated heterocycles. The van der Waals surface area contributed by atoms with Crippen LogP contribution in [0, 0.1) is 5.92 Å². The van der Waals surface area contributed by atoms with Gasteiger partial charge in [0.25, 0.3) is 0 Å². The number of rotatable bonds is 6. The highest BCUT2D eigenvalue weighted by atomic mass is 16.5. The normalized spacial score (nSPS) is 14.0. The Morgan fingerprint density at radius 1 is 1.28 bits per heavy atom. The van der Waals surface area contributed by atoms with E-state index in [-0.39, 0.29) is 17.9 Å². The molecule has 0 aliphatic heterocycles. The lowest BCUT2D eigenvalue weighted by Gasteiger charge is -2.20. The number of methoxy groups -OCH3 is 1. The Kier molecular flexibility index (Phi) is 5.86. The molecule has 0 fully saturated rings. The summed E-state index contributed by atoms with van der Waals surface area (Å²) in [6.45, 7) is 4.11. The molecule has 2 unspecified atom stereocenters. The molecule has 2 atom stereocenters. The SMILES string of the molecule is CCCc1ccc(C(N)C(CC)C(=O)OC)cc1. The Labute approximate surface area is 109 Å². The molecule has 2 N–H and O–H groups in total. The molecule has 0 saturated carbocycles. The molecular formula is C15H23NO2. The van der Waals surface area contributed by atoms with Crippen LogP contribution in [0.4, 0.5) is 0 Å². The first-order valence-electron chi connectivity index (χ1n) is 6.56. The molecule has 100 valence electrons. The molecule has 1 aromatic rings. The molecule has 18 heavy (non-hydrogen) atoms. The molecular weight excluding hydrogens is 226 g/mol. The van der Waals surface area contributed by atoms with Crippen molar-refractivity contribution in [1.82, 2.24) is 0 Å². The number of esters is 1. The Morgan fingerprint density at radius 2 is 1.89 bits per heavy atom. The third kappa shape index (κ3) is 3.57. The van der Waals surface area contributed by atoms with Crippen LogP contribution in [0.2, 0.25) is 0 Å². The van der Waals surface area contributed by atoms with Crippen molar-refractivity contribution in [3.05, 3.63) is 35.4 Å². The summed E-state index contributed by atoms with van der Waals surface area (Å²) in [5.74, 6) is -0.505. The first-order chi connectivity index (χ1) is 8.63. The van der Waals surface area contributed by atoms with Crippen molar-refractivity contribution in [2.75, 3.05) is 7.11 Å². The van der Waals surface area contributed by atoms with E-state index in [1.807, 2.05) is 19.1 Å². The standard InChI is InChI=1S/C15H23NO2/c1-4-6-11-7-9-12(10-8-11)14(16)13(5-2)15(17)18-3/h7-10,13-14H,4-6,16H2,1-3H3. The van der Waals surface area contributed by atoms with E-state index >= 15 is 0 Å². The number of hydrogen-bond acceptors (Lipinski definition) is 3. The maximum atomic E-state index is 11.6. The molecule has 0 bridgehead atoms. The van der Waals surface area contributed by atoms with E-state index in [0.717, 1.165) is 18.4 Å². The summed E-state index contributed by atoms with van der Waals surface area (Å²) >= 11 is 0. The Bertz CT molecular complexity index is 373. The molecule has 3 heteroatoms. The van der Waals surface area contributed by atoms with Gasteiger partial charge in [-0.25, -0.2) is 0 Å². The van der Waals surface area contributed by atoms with Gasteiger partial charge in [0.2, 0.25) is 0 Å². The maximum absolute atomic E-state index is 11.6. The van der Waals surface area contributed by atoms with Gasteiger partial charge < -0.3 is 10.5 Å². The van der Waals surface area contributed by atoms with Crippen molar-refractivity contribution in [3.8, 4) is 0 Å². The van der Waals surface area contributed by atoms with E-state index in [9.17, 15) is 4.79 Å². The fourth-order valence-electron chi connectivity index (χ4n) is 2.15. The van der Waals surface area contributed by atoms with E-state index in [1.165, 1.54) is 12.7 Å². The Hall–Kier alpha value is -1.35. The third-order valence-electron chi connectivity index (χ3n) is 3.28. The maximum Gasteiger partial charge on any atom is 0.310 e. The van der Waals surface area contributed by atoms with E-state index in [4.69, 9.17) is 10.5 Å². The zero-order valence-corrected chi connectivity index (χ0v) is 11.5. The summed E-state index contributed by atoms with van der Waals surface area (Å²) in [5.41, 5.74) is 8.45. The van der Waals surface area contributed by atoms with Gasteiger partial charge in [0.05, 0.1) is 13.0 Å². The predicted octanol–water partition coefficient (Wildman–Crippen LogP) is 2.84. The van der Waals surface area contributed by atoms with Gasteiger partial charge in [0.15, 0.2) is 0 Å². The molecule has 0 heterocycles. The lowest BCUT2D eigenvalue weighted by Crippen LogP contribution is -2.28. The highest BCUT2D eigenvalue weighted by Gasteiger charge is 2.25. The molecule has 0 amide bonds. The highest BCUT2D eigenvalue weighted by Crippen LogP contribution is 2.24. The van der Waals surface area contributed by atoms with Gasteiger partial charge in [-0.15, -0.1) is 0 Å². The second-order valence-electron chi connectivity index (χ2n) is 4.56.